The van der Waals surface area contributed by atoms with Gasteiger partial charge in [-0.3, -0.25) is 4.79 Å². The number of ether oxygens (including phenoxy) is 2. The topological polar surface area (TPSA) is 59.0 Å². The third-order valence-electron chi connectivity index (χ3n) is 3.52. The van der Waals surface area contributed by atoms with Gasteiger partial charge in [0.2, 0.25) is 5.91 Å². The van der Waals surface area contributed by atoms with Gasteiger partial charge in [0.15, 0.2) is 0 Å². The van der Waals surface area contributed by atoms with E-state index in [1.54, 1.807) is 31.4 Å². The van der Waals surface area contributed by atoms with Crippen LogP contribution in [0.25, 0.3) is 0 Å². The summed E-state index contributed by atoms with van der Waals surface area (Å²) in [5.74, 6) is 1.10. The molecule has 6 heteroatoms. The summed E-state index contributed by atoms with van der Waals surface area (Å²) in [6.45, 7) is 0.0592. The quantitative estimate of drug-likeness (QED) is 0.862. The van der Waals surface area contributed by atoms with Crippen molar-refractivity contribution in [2.75, 3.05) is 26.9 Å². The minimum absolute atomic E-state index is 0.0587. The third-order valence-corrected chi connectivity index (χ3v) is 3.52. The zero-order chi connectivity index (χ0) is 15.2. The molecule has 2 atom stereocenters. The molecule has 5 nitrogen and oxygen atoms in total. The molecule has 0 spiro atoms. The summed E-state index contributed by atoms with van der Waals surface area (Å²) in [5, 5.41) is 9.16. The van der Waals surface area contributed by atoms with E-state index in [0.717, 1.165) is 0 Å². The summed E-state index contributed by atoms with van der Waals surface area (Å²) in [4.78, 5) is 13.4. The van der Waals surface area contributed by atoms with Crippen molar-refractivity contribution in [1.82, 2.24) is 4.90 Å². The zero-order valence-corrected chi connectivity index (χ0v) is 12.0. The van der Waals surface area contributed by atoms with Crippen molar-refractivity contribution >= 4 is 5.91 Å². The van der Waals surface area contributed by atoms with E-state index in [9.17, 15) is 9.18 Å². The van der Waals surface area contributed by atoms with E-state index in [4.69, 9.17) is 14.6 Å². The number of carbonyl (C=O) groups excluding carboxylic acids is 1. The number of alkyl halides is 1. The first-order valence-corrected chi connectivity index (χ1v) is 6.95. The largest absolute Gasteiger partial charge is 0.497 e. The number of aliphatic hydroxyl groups excluding tert-OH is 1. The summed E-state index contributed by atoms with van der Waals surface area (Å²) in [5.41, 5.74) is 0. The Hall–Kier alpha value is -1.82. The molecule has 1 fully saturated rings. The highest BCUT2D eigenvalue weighted by Crippen LogP contribution is 2.22. The molecule has 0 aliphatic carbocycles. The van der Waals surface area contributed by atoms with Crippen molar-refractivity contribution in [1.29, 1.82) is 0 Å². The predicted molar refractivity (Wildman–Crippen MR) is 75.2 cm³/mol. The molecule has 1 saturated heterocycles. The minimum atomic E-state index is -1.05. The average molecular weight is 297 g/mol. The lowest BCUT2D eigenvalue weighted by Crippen LogP contribution is -2.38. The van der Waals surface area contributed by atoms with Crippen molar-refractivity contribution in [2.24, 2.45) is 0 Å². The third kappa shape index (κ3) is 4.07. The zero-order valence-electron chi connectivity index (χ0n) is 12.0. The second-order valence-electron chi connectivity index (χ2n) is 4.99. The second-order valence-corrected chi connectivity index (χ2v) is 4.99. The SMILES string of the molecule is COc1cccc(OCCC(=O)N2CC(F)CC2CO)c1. The highest BCUT2D eigenvalue weighted by molar-refractivity contribution is 5.77. The standard InChI is InChI=1S/C15H20FNO4/c1-20-13-3-2-4-14(8-13)21-6-5-15(19)17-9-11(16)7-12(17)10-18/h2-4,8,11-12,18H,5-7,9-10H2,1H3. The lowest BCUT2D eigenvalue weighted by molar-refractivity contribution is -0.133. The van der Waals surface area contributed by atoms with Crippen LogP contribution in [0.1, 0.15) is 12.8 Å². The summed E-state index contributed by atoms with van der Waals surface area (Å²) in [6, 6.07) is 6.69. The minimum Gasteiger partial charge on any atom is -0.497 e. The number of amides is 1. The molecule has 0 radical (unpaired) electrons. The smallest absolute Gasteiger partial charge is 0.226 e. The molecule has 2 rings (SSSR count). The molecule has 2 unspecified atom stereocenters. The van der Waals surface area contributed by atoms with Crippen molar-refractivity contribution in [3.05, 3.63) is 24.3 Å². The van der Waals surface area contributed by atoms with E-state index in [0.29, 0.717) is 11.5 Å². The molecule has 1 heterocycles. The normalized spacial score (nSPS) is 21.4. The van der Waals surface area contributed by atoms with Crippen molar-refractivity contribution < 1.29 is 23.8 Å². The number of benzene rings is 1. The number of methoxy groups -OCH3 is 1. The van der Waals surface area contributed by atoms with Gasteiger partial charge in [-0.2, -0.15) is 0 Å². The van der Waals surface area contributed by atoms with Gasteiger partial charge in [-0.25, -0.2) is 4.39 Å². The first-order valence-electron chi connectivity index (χ1n) is 6.95. The molecule has 116 valence electrons. The number of carbonyl (C=O) groups is 1. The highest BCUT2D eigenvalue weighted by atomic mass is 19.1. The van der Waals surface area contributed by atoms with Crippen LogP contribution in [0.2, 0.25) is 0 Å². The van der Waals surface area contributed by atoms with E-state index >= 15 is 0 Å². The predicted octanol–water partition coefficient (Wildman–Crippen LogP) is 1.40. The molecule has 0 saturated carbocycles. The van der Waals surface area contributed by atoms with Crippen LogP contribution in [0, 0.1) is 0 Å². The lowest BCUT2D eigenvalue weighted by atomic mass is 10.2. The number of nitrogens with zero attached hydrogens (tertiary/aromatic N) is 1. The number of likely N-dealkylation sites (tertiary alicyclic amines) is 1. The van der Waals surface area contributed by atoms with Crippen molar-refractivity contribution in [3.63, 3.8) is 0 Å². The summed E-state index contributed by atoms with van der Waals surface area (Å²) in [6.07, 6.45) is -0.690. The summed E-state index contributed by atoms with van der Waals surface area (Å²) >= 11 is 0. The van der Waals surface area contributed by atoms with Gasteiger partial charge in [-0.1, -0.05) is 6.07 Å². The van der Waals surface area contributed by atoms with Crippen LogP contribution in [-0.2, 0) is 4.79 Å². The lowest BCUT2D eigenvalue weighted by Gasteiger charge is -2.22. The monoisotopic (exact) mass is 297 g/mol. The fraction of sp³-hybridized carbons (Fsp3) is 0.533. The van der Waals surface area contributed by atoms with E-state index in [-0.39, 0.29) is 38.5 Å². The van der Waals surface area contributed by atoms with E-state index in [1.807, 2.05) is 0 Å². The molecule has 1 aliphatic heterocycles. The van der Waals surface area contributed by atoms with Gasteiger partial charge in [-0.05, 0) is 12.1 Å². The molecule has 0 aromatic heterocycles. The van der Waals surface area contributed by atoms with Gasteiger partial charge >= 0.3 is 0 Å². The second kappa shape index (κ2) is 7.26. The number of halogens is 1. The maximum Gasteiger partial charge on any atom is 0.226 e. The summed E-state index contributed by atoms with van der Waals surface area (Å²) < 4.78 is 23.9. The van der Waals surface area contributed by atoms with Crippen LogP contribution >= 0.6 is 0 Å². The van der Waals surface area contributed by atoms with Crippen LogP contribution in [0.3, 0.4) is 0 Å². The molecule has 21 heavy (non-hydrogen) atoms. The Labute approximate surface area is 123 Å². The number of rotatable bonds is 6. The van der Waals surface area contributed by atoms with Crippen molar-refractivity contribution in [3.8, 4) is 11.5 Å². The van der Waals surface area contributed by atoms with Crippen LogP contribution in [0.5, 0.6) is 11.5 Å². The summed E-state index contributed by atoms with van der Waals surface area (Å²) in [7, 11) is 1.57. The molecule has 1 aromatic rings. The van der Waals surface area contributed by atoms with E-state index in [1.165, 1.54) is 4.90 Å². The van der Waals surface area contributed by atoms with E-state index < -0.39 is 12.2 Å². The Kier molecular flexibility index (Phi) is 5.38. The van der Waals surface area contributed by atoms with Gasteiger partial charge in [0.25, 0.3) is 0 Å². The fourth-order valence-electron chi connectivity index (χ4n) is 2.43. The fourth-order valence-corrected chi connectivity index (χ4v) is 2.43. The number of aliphatic hydroxyl groups is 1. The Balaban J connectivity index is 1.81. The van der Waals surface area contributed by atoms with Crippen molar-refractivity contribution in [2.45, 2.75) is 25.1 Å². The number of hydrogen-bond acceptors (Lipinski definition) is 4. The average Bonchev–Trinajstić information content (AvgIpc) is 2.88. The van der Waals surface area contributed by atoms with Gasteiger partial charge in [-0.15, -0.1) is 0 Å². The Morgan fingerprint density at radius 3 is 2.95 bits per heavy atom. The van der Waals surface area contributed by atoms with Gasteiger partial charge in [0.05, 0.1) is 39.3 Å². The molecule has 1 aromatic carbocycles. The Bertz CT molecular complexity index is 482. The Morgan fingerprint density at radius 1 is 1.48 bits per heavy atom. The molecule has 1 amide bonds. The molecule has 1 aliphatic rings. The maximum absolute atomic E-state index is 13.3. The van der Waals surface area contributed by atoms with Crippen LogP contribution < -0.4 is 9.47 Å². The molecular formula is C15H20FNO4. The highest BCUT2D eigenvalue weighted by Gasteiger charge is 2.34. The molecular weight excluding hydrogens is 277 g/mol. The van der Waals surface area contributed by atoms with Gasteiger partial charge in [0, 0.05) is 12.5 Å². The van der Waals surface area contributed by atoms with E-state index in [2.05, 4.69) is 0 Å². The molecule has 0 bridgehead atoms. The first kappa shape index (κ1) is 15.6. The maximum atomic E-state index is 13.3. The number of hydrogen-bond donors (Lipinski definition) is 1. The van der Waals surface area contributed by atoms with Crippen LogP contribution in [0.15, 0.2) is 24.3 Å². The van der Waals surface area contributed by atoms with Crippen LogP contribution in [0.4, 0.5) is 4.39 Å². The molecule has 1 N–H and O–H groups in total. The van der Waals surface area contributed by atoms with Gasteiger partial charge < -0.3 is 19.5 Å². The first-order chi connectivity index (χ1) is 10.1. The van der Waals surface area contributed by atoms with Crippen LogP contribution in [-0.4, -0.2) is 55.0 Å². The Morgan fingerprint density at radius 2 is 2.24 bits per heavy atom. The van der Waals surface area contributed by atoms with Gasteiger partial charge in [0.1, 0.15) is 17.7 Å².